The second-order valence-corrected chi connectivity index (χ2v) is 5.57. The molecule has 0 saturated heterocycles. The van der Waals surface area contributed by atoms with Gasteiger partial charge in [-0.25, -0.2) is 4.79 Å². The Morgan fingerprint density at radius 2 is 1.95 bits per heavy atom. The van der Waals surface area contributed by atoms with Gasteiger partial charge in [-0.15, -0.1) is 0 Å². The summed E-state index contributed by atoms with van der Waals surface area (Å²) in [5, 5.41) is 11.5. The summed E-state index contributed by atoms with van der Waals surface area (Å²) in [7, 11) is 0. The molecule has 0 aromatic carbocycles. The highest BCUT2D eigenvalue weighted by molar-refractivity contribution is 5.79. The normalized spacial score (nSPS) is 18.4. The Labute approximate surface area is 120 Å². The largest absolute Gasteiger partial charge is 0.478 e. The van der Waals surface area contributed by atoms with E-state index in [1.807, 2.05) is 13.8 Å². The molecule has 1 fully saturated rings. The molecule has 0 aromatic heterocycles. The second kappa shape index (κ2) is 8.74. The third-order valence-corrected chi connectivity index (χ3v) is 3.47. The lowest BCUT2D eigenvalue weighted by molar-refractivity contribution is -0.154. The van der Waals surface area contributed by atoms with E-state index in [4.69, 9.17) is 9.84 Å². The first-order valence-corrected chi connectivity index (χ1v) is 7.34. The van der Waals surface area contributed by atoms with Crippen LogP contribution in [-0.4, -0.2) is 35.7 Å². The van der Waals surface area contributed by atoms with Gasteiger partial charge >= 0.3 is 11.9 Å². The zero-order valence-corrected chi connectivity index (χ0v) is 12.3. The molecule has 1 saturated carbocycles. The quantitative estimate of drug-likeness (QED) is 0.553. The second-order valence-electron chi connectivity index (χ2n) is 5.57. The number of ether oxygens (including phenoxy) is 1. The van der Waals surface area contributed by atoms with E-state index in [1.54, 1.807) is 0 Å². The Hall–Kier alpha value is -1.36. The molecule has 5 heteroatoms. The van der Waals surface area contributed by atoms with Gasteiger partial charge in [-0.2, -0.15) is 0 Å². The molecular weight excluding hydrogens is 258 g/mol. The van der Waals surface area contributed by atoms with Crippen molar-refractivity contribution in [2.45, 2.75) is 58.1 Å². The third kappa shape index (κ3) is 6.19. The van der Waals surface area contributed by atoms with E-state index in [9.17, 15) is 9.59 Å². The zero-order valence-electron chi connectivity index (χ0n) is 12.3. The van der Waals surface area contributed by atoms with Gasteiger partial charge in [-0.3, -0.25) is 4.79 Å². The smallest absolute Gasteiger partial charge is 0.328 e. The number of esters is 1. The Morgan fingerprint density at radius 1 is 1.30 bits per heavy atom. The molecule has 20 heavy (non-hydrogen) atoms. The average Bonchev–Trinajstić information content (AvgIpc) is 2.38. The van der Waals surface area contributed by atoms with E-state index in [2.05, 4.69) is 5.32 Å². The number of rotatable bonds is 7. The van der Waals surface area contributed by atoms with Gasteiger partial charge in [0.2, 0.25) is 0 Å². The Balaban J connectivity index is 2.43. The van der Waals surface area contributed by atoms with E-state index in [1.165, 1.54) is 12.5 Å². The van der Waals surface area contributed by atoms with Gasteiger partial charge in [0.05, 0.1) is 0 Å². The highest BCUT2D eigenvalue weighted by Gasteiger charge is 2.26. The summed E-state index contributed by atoms with van der Waals surface area (Å²) in [4.78, 5) is 22.5. The number of nitrogens with one attached hydrogen (secondary N) is 1. The highest BCUT2D eigenvalue weighted by Crippen LogP contribution is 2.21. The standard InChI is InChI=1S/C15H25NO4/c1-11(2)14(16-10-6-9-13(17)18)15(19)20-12-7-4-3-5-8-12/h6,9,11-12,14,16H,3-5,7-8,10H2,1-2H3,(H,17,18)/b9-6+/t14-/m0/s1. The van der Waals surface area contributed by atoms with Crippen LogP contribution in [0.4, 0.5) is 0 Å². The fourth-order valence-electron chi connectivity index (χ4n) is 2.37. The van der Waals surface area contributed by atoms with E-state index in [0.29, 0.717) is 6.54 Å². The molecular formula is C15H25NO4. The van der Waals surface area contributed by atoms with Crippen molar-refractivity contribution in [3.8, 4) is 0 Å². The molecule has 0 aromatic rings. The van der Waals surface area contributed by atoms with Gasteiger partial charge in [0.15, 0.2) is 0 Å². The summed E-state index contributed by atoms with van der Waals surface area (Å²) in [6.45, 7) is 4.23. The number of hydrogen-bond acceptors (Lipinski definition) is 4. The maximum absolute atomic E-state index is 12.2. The van der Waals surface area contributed by atoms with Gasteiger partial charge in [-0.05, 0) is 31.6 Å². The number of carbonyl (C=O) groups excluding carboxylic acids is 1. The molecule has 0 bridgehead atoms. The van der Waals surface area contributed by atoms with Crippen LogP contribution in [0.15, 0.2) is 12.2 Å². The number of carbonyl (C=O) groups is 2. The first kappa shape index (κ1) is 16.7. The third-order valence-electron chi connectivity index (χ3n) is 3.47. The van der Waals surface area contributed by atoms with Gasteiger partial charge < -0.3 is 15.2 Å². The number of aliphatic carboxylic acids is 1. The highest BCUT2D eigenvalue weighted by atomic mass is 16.5. The summed E-state index contributed by atoms with van der Waals surface area (Å²) in [6, 6.07) is -0.393. The first-order chi connectivity index (χ1) is 9.50. The Morgan fingerprint density at radius 3 is 2.50 bits per heavy atom. The minimum absolute atomic E-state index is 0.0499. The van der Waals surface area contributed by atoms with Gasteiger partial charge in [0.1, 0.15) is 12.1 Å². The summed E-state index contributed by atoms with van der Waals surface area (Å²) in [6.07, 6.45) is 7.99. The summed E-state index contributed by atoms with van der Waals surface area (Å²) in [5.41, 5.74) is 0. The Bertz CT molecular complexity index is 346. The van der Waals surface area contributed by atoms with Crippen LogP contribution < -0.4 is 5.32 Å². The molecule has 1 atom stereocenters. The van der Waals surface area contributed by atoms with Crippen molar-refractivity contribution in [1.82, 2.24) is 5.32 Å². The lowest BCUT2D eigenvalue weighted by atomic mass is 9.97. The van der Waals surface area contributed by atoms with Crippen molar-refractivity contribution in [3.05, 3.63) is 12.2 Å². The van der Waals surface area contributed by atoms with E-state index >= 15 is 0 Å². The number of carboxylic acid groups (broad SMARTS) is 1. The fourth-order valence-corrected chi connectivity index (χ4v) is 2.37. The molecule has 114 valence electrons. The van der Waals surface area contributed by atoms with Crippen molar-refractivity contribution in [1.29, 1.82) is 0 Å². The topological polar surface area (TPSA) is 75.6 Å². The SMILES string of the molecule is CC(C)[C@H](NC/C=C/C(=O)O)C(=O)OC1CCCCC1. The predicted molar refractivity (Wildman–Crippen MR) is 76.4 cm³/mol. The summed E-state index contributed by atoms with van der Waals surface area (Å²) >= 11 is 0. The van der Waals surface area contributed by atoms with Crippen LogP contribution in [0.3, 0.4) is 0 Å². The van der Waals surface area contributed by atoms with Gasteiger partial charge in [0.25, 0.3) is 0 Å². The molecule has 1 rings (SSSR count). The number of carboxylic acids is 1. The van der Waals surface area contributed by atoms with Crippen molar-refractivity contribution in [2.75, 3.05) is 6.54 Å². The molecule has 1 aliphatic rings. The summed E-state index contributed by atoms with van der Waals surface area (Å²) < 4.78 is 5.55. The van der Waals surface area contributed by atoms with E-state index in [0.717, 1.165) is 31.8 Å². The van der Waals surface area contributed by atoms with Crippen LogP contribution in [0.25, 0.3) is 0 Å². The molecule has 0 radical (unpaired) electrons. The van der Waals surface area contributed by atoms with Crippen molar-refractivity contribution < 1.29 is 19.4 Å². The van der Waals surface area contributed by atoms with Crippen molar-refractivity contribution >= 4 is 11.9 Å². The van der Waals surface area contributed by atoms with Crippen LogP contribution in [0.1, 0.15) is 46.0 Å². The minimum atomic E-state index is -0.988. The van der Waals surface area contributed by atoms with Crippen LogP contribution in [0, 0.1) is 5.92 Å². The molecule has 2 N–H and O–H groups in total. The molecule has 1 aliphatic carbocycles. The lowest BCUT2D eigenvalue weighted by Crippen LogP contribution is -2.43. The van der Waals surface area contributed by atoms with Crippen LogP contribution in [-0.2, 0) is 14.3 Å². The van der Waals surface area contributed by atoms with E-state index < -0.39 is 12.0 Å². The monoisotopic (exact) mass is 283 g/mol. The zero-order chi connectivity index (χ0) is 15.0. The molecule has 0 amide bonds. The maximum Gasteiger partial charge on any atom is 0.328 e. The first-order valence-electron chi connectivity index (χ1n) is 7.34. The van der Waals surface area contributed by atoms with Crippen molar-refractivity contribution in [3.63, 3.8) is 0 Å². The molecule has 0 aliphatic heterocycles. The van der Waals surface area contributed by atoms with Crippen LogP contribution in [0.2, 0.25) is 0 Å². The molecule has 5 nitrogen and oxygen atoms in total. The average molecular weight is 283 g/mol. The number of hydrogen-bond donors (Lipinski definition) is 2. The van der Waals surface area contributed by atoms with Gasteiger partial charge in [0, 0.05) is 12.6 Å². The molecule has 0 heterocycles. The maximum atomic E-state index is 12.2. The lowest BCUT2D eigenvalue weighted by Gasteiger charge is -2.26. The molecule has 0 unspecified atom stereocenters. The predicted octanol–water partition coefficient (Wildman–Crippen LogP) is 2.12. The Kier molecular flexibility index (Phi) is 7.30. The van der Waals surface area contributed by atoms with Crippen LogP contribution >= 0.6 is 0 Å². The fraction of sp³-hybridized carbons (Fsp3) is 0.733. The van der Waals surface area contributed by atoms with Crippen LogP contribution in [0.5, 0.6) is 0 Å². The minimum Gasteiger partial charge on any atom is -0.478 e. The molecule has 0 spiro atoms. The van der Waals surface area contributed by atoms with E-state index in [-0.39, 0.29) is 18.0 Å². The summed E-state index contributed by atoms with van der Waals surface area (Å²) in [5.74, 6) is -1.11. The van der Waals surface area contributed by atoms with Gasteiger partial charge in [-0.1, -0.05) is 26.3 Å². The van der Waals surface area contributed by atoms with Crippen molar-refractivity contribution in [2.24, 2.45) is 5.92 Å².